The Morgan fingerprint density at radius 3 is 2.09 bits per heavy atom. The number of rotatable bonds is 10. The molecule has 4 rings (SSSR count). The van der Waals surface area contributed by atoms with Crippen LogP contribution in [-0.2, 0) is 19.6 Å². The van der Waals surface area contributed by atoms with Gasteiger partial charge < -0.3 is 4.57 Å². The van der Waals surface area contributed by atoms with E-state index >= 15 is 0 Å². The molecule has 3 heteroatoms. The van der Waals surface area contributed by atoms with Crippen molar-refractivity contribution in [2.24, 2.45) is 0 Å². The number of nitrogens with zero attached hydrogens (tertiary/aromatic N) is 3. The molecule has 1 heterocycles. The van der Waals surface area contributed by atoms with Gasteiger partial charge in [0.1, 0.15) is 5.82 Å². The number of imidazole rings is 1. The Morgan fingerprint density at radius 2 is 1.44 bits per heavy atom. The van der Waals surface area contributed by atoms with Crippen molar-refractivity contribution in [3.05, 3.63) is 114 Å². The Morgan fingerprint density at radius 1 is 0.812 bits per heavy atom. The zero-order chi connectivity index (χ0) is 22.2. The highest BCUT2D eigenvalue weighted by Gasteiger charge is 2.20. The van der Waals surface area contributed by atoms with Crippen molar-refractivity contribution in [2.75, 3.05) is 0 Å². The zero-order valence-electron chi connectivity index (χ0n) is 19.2. The molecule has 3 nitrogen and oxygen atoms in total. The van der Waals surface area contributed by atoms with Gasteiger partial charge in [0.05, 0.1) is 11.9 Å². The maximum absolute atomic E-state index is 4.87. The van der Waals surface area contributed by atoms with Crippen LogP contribution < -0.4 is 0 Å². The smallest absolute Gasteiger partial charge is 0.140 e. The summed E-state index contributed by atoms with van der Waals surface area (Å²) in [5.41, 5.74) is 5.13. The lowest BCUT2D eigenvalue weighted by atomic mass is 10.1. The minimum atomic E-state index is 0.297. The highest BCUT2D eigenvalue weighted by molar-refractivity contribution is 5.55. The molecule has 0 saturated carbocycles. The third kappa shape index (κ3) is 5.35. The van der Waals surface area contributed by atoms with E-state index in [1.165, 1.54) is 28.8 Å². The van der Waals surface area contributed by atoms with Crippen LogP contribution in [0.4, 0.5) is 0 Å². The van der Waals surface area contributed by atoms with Gasteiger partial charge in [0, 0.05) is 31.2 Å². The molecular formula is C29H33N3. The van der Waals surface area contributed by atoms with Gasteiger partial charge in [-0.2, -0.15) is 0 Å². The van der Waals surface area contributed by atoms with Crippen LogP contribution in [0.1, 0.15) is 49.6 Å². The van der Waals surface area contributed by atoms with Gasteiger partial charge in [-0.15, -0.1) is 0 Å². The summed E-state index contributed by atoms with van der Waals surface area (Å²) in [5, 5.41) is 0. The molecule has 32 heavy (non-hydrogen) atoms. The van der Waals surface area contributed by atoms with Crippen molar-refractivity contribution in [3.63, 3.8) is 0 Å². The summed E-state index contributed by atoms with van der Waals surface area (Å²) < 4.78 is 2.43. The summed E-state index contributed by atoms with van der Waals surface area (Å²) in [5.74, 6) is 1.07. The Labute approximate surface area is 192 Å². The Hall–Kier alpha value is -3.17. The lowest BCUT2D eigenvalue weighted by Gasteiger charge is -2.30. The second-order valence-corrected chi connectivity index (χ2v) is 8.42. The number of hydrogen-bond acceptors (Lipinski definition) is 2. The maximum Gasteiger partial charge on any atom is 0.140 e. The predicted octanol–water partition coefficient (Wildman–Crippen LogP) is 7.11. The summed E-state index contributed by atoms with van der Waals surface area (Å²) >= 11 is 0. The van der Waals surface area contributed by atoms with Crippen LogP contribution in [0.3, 0.4) is 0 Å². The molecule has 0 aliphatic heterocycles. The maximum atomic E-state index is 4.87. The molecule has 1 atom stereocenters. The van der Waals surface area contributed by atoms with Gasteiger partial charge in [-0.1, -0.05) is 104 Å². The van der Waals surface area contributed by atoms with Gasteiger partial charge in [-0.3, -0.25) is 4.90 Å². The van der Waals surface area contributed by atoms with Crippen LogP contribution >= 0.6 is 0 Å². The van der Waals surface area contributed by atoms with Gasteiger partial charge in [0.2, 0.25) is 0 Å². The summed E-state index contributed by atoms with van der Waals surface area (Å²) in [6.07, 6.45) is 4.39. The third-order valence-corrected chi connectivity index (χ3v) is 6.13. The van der Waals surface area contributed by atoms with Crippen molar-refractivity contribution < 1.29 is 0 Å². The summed E-state index contributed by atoms with van der Waals surface area (Å²) in [6.45, 7) is 7.31. The van der Waals surface area contributed by atoms with Crippen LogP contribution in [0, 0.1) is 0 Å². The number of hydrogen-bond donors (Lipinski definition) is 0. The number of benzene rings is 3. The van der Waals surface area contributed by atoms with Crippen LogP contribution in [-0.4, -0.2) is 14.5 Å². The van der Waals surface area contributed by atoms with Gasteiger partial charge in [-0.05, 0) is 24.5 Å². The van der Waals surface area contributed by atoms with Crippen molar-refractivity contribution in [2.45, 2.75) is 52.4 Å². The van der Waals surface area contributed by atoms with E-state index in [4.69, 9.17) is 4.98 Å². The molecule has 0 bridgehead atoms. The predicted molar refractivity (Wildman–Crippen MR) is 133 cm³/mol. The SMILES string of the molecule is CCCCn1c(CN(Cc2ccccc2)[C@H](C)c2ccccc2)cnc1-c1ccccc1. The molecule has 0 radical (unpaired) electrons. The molecule has 0 unspecified atom stereocenters. The average Bonchev–Trinajstić information content (AvgIpc) is 3.26. The molecule has 4 aromatic rings. The molecule has 164 valence electrons. The van der Waals surface area contributed by atoms with E-state index in [1.807, 2.05) is 0 Å². The summed E-state index contributed by atoms with van der Waals surface area (Å²) in [4.78, 5) is 7.42. The van der Waals surface area contributed by atoms with Crippen molar-refractivity contribution in [1.82, 2.24) is 14.5 Å². The summed E-state index contributed by atoms with van der Waals surface area (Å²) in [6, 6.07) is 32.4. The van der Waals surface area contributed by atoms with E-state index < -0.39 is 0 Å². The Kier molecular flexibility index (Phi) is 7.52. The number of unbranched alkanes of at least 4 members (excludes halogenated alkanes) is 1. The standard InChI is InChI=1S/C29H33N3/c1-3-4-20-32-28(21-30-29(32)27-18-12-7-13-19-27)23-31(22-25-14-8-5-9-15-25)24(2)26-16-10-6-11-17-26/h5-19,21,24H,3-4,20,22-23H2,1-2H3/t24-/m1/s1. The fourth-order valence-corrected chi connectivity index (χ4v) is 4.22. The van der Waals surface area contributed by atoms with E-state index in [9.17, 15) is 0 Å². The first-order valence-electron chi connectivity index (χ1n) is 11.7. The molecule has 0 amide bonds. The van der Waals surface area contributed by atoms with Crippen molar-refractivity contribution in [3.8, 4) is 11.4 Å². The van der Waals surface area contributed by atoms with E-state index in [2.05, 4.69) is 121 Å². The van der Waals surface area contributed by atoms with Crippen LogP contribution in [0.25, 0.3) is 11.4 Å². The van der Waals surface area contributed by atoms with Gasteiger partial charge in [-0.25, -0.2) is 4.98 Å². The Bertz CT molecular complexity index is 1070. The number of aromatic nitrogens is 2. The molecule has 0 aliphatic rings. The fraction of sp³-hybridized carbons (Fsp3) is 0.276. The highest BCUT2D eigenvalue weighted by atomic mass is 15.2. The normalized spacial score (nSPS) is 12.2. The molecule has 1 aromatic heterocycles. The van der Waals surface area contributed by atoms with Gasteiger partial charge >= 0.3 is 0 Å². The molecule has 3 aromatic carbocycles. The topological polar surface area (TPSA) is 21.1 Å². The lowest BCUT2D eigenvalue weighted by molar-refractivity contribution is 0.187. The monoisotopic (exact) mass is 423 g/mol. The molecular weight excluding hydrogens is 390 g/mol. The molecule has 0 N–H and O–H groups in total. The van der Waals surface area contributed by atoms with Crippen LogP contribution in [0.2, 0.25) is 0 Å². The second-order valence-electron chi connectivity index (χ2n) is 8.42. The molecule has 0 spiro atoms. The van der Waals surface area contributed by atoms with Crippen LogP contribution in [0.5, 0.6) is 0 Å². The molecule has 0 fully saturated rings. The first-order chi connectivity index (χ1) is 15.8. The third-order valence-electron chi connectivity index (χ3n) is 6.13. The zero-order valence-corrected chi connectivity index (χ0v) is 19.2. The van der Waals surface area contributed by atoms with Crippen molar-refractivity contribution >= 4 is 0 Å². The first-order valence-corrected chi connectivity index (χ1v) is 11.7. The molecule has 0 aliphatic carbocycles. The fourth-order valence-electron chi connectivity index (χ4n) is 4.22. The van der Waals surface area contributed by atoms with Gasteiger partial charge in [0.15, 0.2) is 0 Å². The van der Waals surface area contributed by atoms with E-state index in [0.717, 1.165) is 31.9 Å². The highest BCUT2D eigenvalue weighted by Crippen LogP contribution is 2.27. The van der Waals surface area contributed by atoms with E-state index in [0.29, 0.717) is 6.04 Å². The second kappa shape index (κ2) is 10.9. The van der Waals surface area contributed by atoms with E-state index in [1.54, 1.807) is 0 Å². The van der Waals surface area contributed by atoms with Crippen molar-refractivity contribution in [1.29, 1.82) is 0 Å². The summed E-state index contributed by atoms with van der Waals surface area (Å²) in [7, 11) is 0. The lowest BCUT2D eigenvalue weighted by Crippen LogP contribution is -2.27. The first kappa shape index (κ1) is 22.0. The van der Waals surface area contributed by atoms with Crippen LogP contribution in [0.15, 0.2) is 97.2 Å². The average molecular weight is 424 g/mol. The van der Waals surface area contributed by atoms with E-state index in [-0.39, 0.29) is 0 Å². The Balaban J connectivity index is 1.67. The minimum Gasteiger partial charge on any atom is -0.327 e. The van der Waals surface area contributed by atoms with Gasteiger partial charge in [0.25, 0.3) is 0 Å². The minimum absolute atomic E-state index is 0.297. The largest absolute Gasteiger partial charge is 0.327 e. The quantitative estimate of drug-likeness (QED) is 0.271. The molecule has 0 saturated heterocycles.